The van der Waals surface area contributed by atoms with Crippen LogP contribution in [0.25, 0.3) is 5.69 Å². The van der Waals surface area contributed by atoms with Gasteiger partial charge in [-0.05, 0) is 55.5 Å². The van der Waals surface area contributed by atoms with Gasteiger partial charge < -0.3 is 10.6 Å². The topological polar surface area (TPSA) is 165 Å². The predicted molar refractivity (Wildman–Crippen MR) is 150 cm³/mol. The lowest BCUT2D eigenvalue weighted by Crippen LogP contribution is -2.12. The van der Waals surface area contributed by atoms with Gasteiger partial charge in [0.15, 0.2) is 0 Å². The lowest BCUT2D eigenvalue weighted by Gasteiger charge is -2.10. The summed E-state index contributed by atoms with van der Waals surface area (Å²) in [5.41, 5.74) is 6.74. The molecule has 39 heavy (non-hydrogen) atoms. The number of sulfonamides is 1. The fraction of sp³-hybridized carbons (Fsp3) is 0.0385. The zero-order valence-electron chi connectivity index (χ0n) is 20.7. The molecule has 0 aliphatic heterocycles. The minimum atomic E-state index is -3.80. The van der Waals surface area contributed by atoms with Crippen molar-refractivity contribution in [2.24, 2.45) is 10.2 Å². The molecule has 5 N–H and O–H groups in total. The molecule has 3 aromatic carbocycles. The van der Waals surface area contributed by atoms with Gasteiger partial charge in [0.25, 0.3) is 0 Å². The van der Waals surface area contributed by atoms with Crippen LogP contribution in [0, 0.1) is 6.92 Å². The Balaban J connectivity index is 1.38. The Labute approximate surface area is 224 Å². The van der Waals surface area contributed by atoms with Gasteiger partial charge >= 0.3 is 0 Å². The molecule has 0 atom stereocenters. The Morgan fingerprint density at radius 2 is 1.36 bits per heavy atom. The number of hydrogen-bond acceptors (Lipinski definition) is 10. The van der Waals surface area contributed by atoms with E-state index in [4.69, 9.17) is 5.14 Å². The van der Waals surface area contributed by atoms with Gasteiger partial charge in [-0.1, -0.05) is 36.4 Å². The first-order valence-corrected chi connectivity index (χ1v) is 13.3. The van der Waals surface area contributed by atoms with Gasteiger partial charge in [-0.15, -0.1) is 0 Å². The number of rotatable bonds is 9. The Morgan fingerprint density at radius 3 is 1.97 bits per heavy atom. The molecule has 2 heterocycles. The van der Waals surface area contributed by atoms with Crippen molar-refractivity contribution in [3.63, 3.8) is 0 Å². The number of primary sulfonamides is 1. The van der Waals surface area contributed by atoms with E-state index < -0.39 is 10.0 Å². The summed E-state index contributed by atoms with van der Waals surface area (Å²) in [5.74, 6) is 0.652. The van der Waals surface area contributed by atoms with E-state index in [1.165, 1.54) is 12.1 Å². The van der Waals surface area contributed by atoms with Crippen molar-refractivity contribution in [1.29, 1.82) is 0 Å². The maximum atomic E-state index is 11.6. The number of nitrogens with zero attached hydrogens (tertiary/aromatic N) is 6. The summed E-state index contributed by atoms with van der Waals surface area (Å²) in [6.45, 7) is 1.90. The molecule has 0 bridgehead atoms. The van der Waals surface area contributed by atoms with Gasteiger partial charge in [-0.25, -0.2) is 23.7 Å². The summed E-state index contributed by atoms with van der Waals surface area (Å²) in [6, 6.07) is 25.1. The van der Waals surface area contributed by atoms with Gasteiger partial charge in [0.1, 0.15) is 0 Å². The number of nitrogens with one attached hydrogen (secondary N) is 3. The Hall–Kier alpha value is -5.14. The van der Waals surface area contributed by atoms with Crippen molar-refractivity contribution < 1.29 is 8.42 Å². The van der Waals surface area contributed by atoms with E-state index in [1.807, 2.05) is 73.8 Å². The van der Waals surface area contributed by atoms with Gasteiger partial charge in [0.2, 0.25) is 27.9 Å². The molecule has 0 saturated heterocycles. The summed E-state index contributed by atoms with van der Waals surface area (Å²) >= 11 is 0. The van der Waals surface area contributed by atoms with Crippen LogP contribution in [0.15, 0.2) is 101 Å². The predicted octanol–water partition coefficient (Wildman–Crippen LogP) is 3.95. The average Bonchev–Trinajstić information content (AvgIpc) is 3.30. The molecule has 0 aliphatic rings. The third-order valence-electron chi connectivity index (χ3n) is 5.43. The molecular formula is C26H24N10O2S. The highest BCUT2D eigenvalue weighted by Crippen LogP contribution is 2.20. The minimum absolute atomic E-state index is 0.00213. The van der Waals surface area contributed by atoms with Gasteiger partial charge in [0, 0.05) is 23.1 Å². The molecule has 0 unspecified atom stereocenters. The Bertz CT molecular complexity index is 1710. The number of benzene rings is 3. The normalized spacial score (nSPS) is 11.4. The van der Waals surface area contributed by atoms with Crippen LogP contribution >= 0.6 is 0 Å². The van der Waals surface area contributed by atoms with E-state index in [1.54, 1.807) is 23.0 Å². The molecule has 5 aromatic rings. The number of hydrogen-bond donors (Lipinski definition) is 4. The van der Waals surface area contributed by atoms with Crippen LogP contribution in [0.1, 0.15) is 11.3 Å². The quantitative estimate of drug-likeness (QED) is 0.160. The Kier molecular flexibility index (Phi) is 7.25. The van der Waals surface area contributed by atoms with Crippen LogP contribution in [-0.2, 0) is 10.0 Å². The fourth-order valence-electron chi connectivity index (χ4n) is 3.52. The highest BCUT2D eigenvalue weighted by Gasteiger charge is 2.10. The SMILES string of the molecule is Cc1nn(-c2ccccc2)cc1/C=N/Nc1nc(Nc2ccccc2)nc(Nc2ccc(S(N)(=O)=O)cc2)n1. The van der Waals surface area contributed by atoms with Gasteiger partial charge in [-0.3, -0.25) is 0 Å². The largest absolute Gasteiger partial charge is 0.324 e. The molecule has 0 fully saturated rings. The first-order valence-electron chi connectivity index (χ1n) is 11.7. The van der Waals surface area contributed by atoms with Crippen LogP contribution in [-0.4, -0.2) is 39.4 Å². The zero-order chi connectivity index (χ0) is 27.2. The summed E-state index contributed by atoms with van der Waals surface area (Å²) in [6.07, 6.45) is 3.51. The van der Waals surface area contributed by atoms with Crippen LogP contribution < -0.4 is 21.2 Å². The minimum Gasteiger partial charge on any atom is -0.324 e. The third-order valence-corrected chi connectivity index (χ3v) is 6.36. The number of nitrogens with two attached hydrogens (primary N) is 1. The van der Waals surface area contributed by atoms with Crippen LogP contribution in [0.5, 0.6) is 0 Å². The highest BCUT2D eigenvalue weighted by molar-refractivity contribution is 7.89. The first-order chi connectivity index (χ1) is 18.8. The third kappa shape index (κ3) is 6.60. The fourth-order valence-corrected chi connectivity index (χ4v) is 4.03. The summed E-state index contributed by atoms with van der Waals surface area (Å²) < 4.78 is 24.9. The van der Waals surface area contributed by atoms with E-state index in [-0.39, 0.29) is 22.7 Å². The van der Waals surface area contributed by atoms with E-state index in [2.05, 4.69) is 41.2 Å². The number of para-hydroxylation sites is 2. The molecule has 0 saturated carbocycles. The molecule has 0 aliphatic carbocycles. The maximum absolute atomic E-state index is 11.6. The van der Waals surface area contributed by atoms with E-state index in [0.29, 0.717) is 5.69 Å². The first kappa shape index (κ1) is 25.5. The summed E-state index contributed by atoms with van der Waals surface area (Å²) in [4.78, 5) is 13.2. The summed E-state index contributed by atoms with van der Waals surface area (Å²) in [7, 11) is -3.80. The van der Waals surface area contributed by atoms with Crippen LogP contribution in [0.4, 0.5) is 29.2 Å². The molecular weight excluding hydrogens is 516 g/mol. The maximum Gasteiger partial charge on any atom is 0.250 e. The Morgan fingerprint density at radius 1 is 0.795 bits per heavy atom. The van der Waals surface area contributed by atoms with Crippen LogP contribution in [0.2, 0.25) is 0 Å². The number of hydrazone groups is 1. The van der Waals surface area contributed by atoms with Crippen molar-refractivity contribution in [2.75, 3.05) is 16.1 Å². The molecule has 13 heteroatoms. The molecule has 2 aromatic heterocycles. The molecule has 196 valence electrons. The molecule has 0 spiro atoms. The van der Waals surface area contributed by atoms with E-state index in [0.717, 1.165) is 22.6 Å². The van der Waals surface area contributed by atoms with Crippen molar-refractivity contribution >= 4 is 45.5 Å². The monoisotopic (exact) mass is 540 g/mol. The number of aromatic nitrogens is 5. The number of anilines is 5. The standard InChI is InChI=1S/C26H24N10O2S/c1-18-19(17-36(35-18)22-10-6-3-7-11-22)16-28-34-26-32-24(29-20-8-4-2-5-9-20)31-25(33-26)30-21-12-14-23(15-13-21)39(27,37)38/h2-17H,1H3,(H2,27,37,38)(H3,29,30,31,32,33,34)/b28-16+. The van der Waals surface area contributed by atoms with Crippen molar-refractivity contribution in [3.05, 3.63) is 102 Å². The lowest BCUT2D eigenvalue weighted by atomic mass is 10.3. The summed E-state index contributed by atoms with van der Waals surface area (Å²) in [5, 5.41) is 20.2. The van der Waals surface area contributed by atoms with E-state index >= 15 is 0 Å². The van der Waals surface area contributed by atoms with Crippen molar-refractivity contribution in [3.8, 4) is 5.69 Å². The van der Waals surface area contributed by atoms with Crippen molar-refractivity contribution in [2.45, 2.75) is 11.8 Å². The van der Waals surface area contributed by atoms with Gasteiger partial charge in [0.05, 0.1) is 22.5 Å². The molecule has 12 nitrogen and oxygen atoms in total. The average molecular weight is 541 g/mol. The van der Waals surface area contributed by atoms with Crippen molar-refractivity contribution in [1.82, 2.24) is 24.7 Å². The lowest BCUT2D eigenvalue weighted by molar-refractivity contribution is 0.598. The second-order valence-corrected chi connectivity index (χ2v) is 9.87. The zero-order valence-corrected chi connectivity index (χ0v) is 21.5. The second-order valence-electron chi connectivity index (χ2n) is 8.31. The smallest absolute Gasteiger partial charge is 0.250 e. The van der Waals surface area contributed by atoms with Crippen LogP contribution in [0.3, 0.4) is 0 Å². The molecule has 5 rings (SSSR count). The molecule has 0 radical (unpaired) electrons. The molecule has 0 amide bonds. The number of aryl methyl sites for hydroxylation is 1. The second kappa shape index (κ2) is 11.1. The highest BCUT2D eigenvalue weighted by atomic mass is 32.2. The van der Waals surface area contributed by atoms with E-state index in [9.17, 15) is 8.42 Å². The van der Waals surface area contributed by atoms with Gasteiger partial charge in [-0.2, -0.15) is 25.2 Å².